The summed E-state index contributed by atoms with van der Waals surface area (Å²) in [6.07, 6.45) is 10.6. The van der Waals surface area contributed by atoms with Crippen LogP contribution in [0.15, 0.2) is 48.6 Å². The molecule has 0 unspecified atom stereocenters. The highest BCUT2D eigenvalue weighted by Gasteiger charge is 2.42. The first-order valence-corrected chi connectivity index (χ1v) is 10.9. The molecule has 28 heavy (non-hydrogen) atoms. The fourth-order valence-corrected chi connectivity index (χ4v) is 5.59. The Labute approximate surface area is 171 Å². The molecule has 4 atom stereocenters. The van der Waals surface area contributed by atoms with E-state index in [-0.39, 0.29) is 11.7 Å². The predicted molar refractivity (Wildman–Crippen MR) is 112 cm³/mol. The summed E-state index contributed by atoms with van der Waals surface area (Å²) in [5.74, 6) is 0.634. The molecule has 4 rings (SSSR count). The topological polar surface area (TPSA) is 0 Å². The van der Waals surface area contributed by atoms with Crippen LogP contribution in [-0.4, -0.2) is 0 Å². The smallest absolute Gasteiger partial charge is 0.129 e. The summed E-state index contributed by atoms with van der Waals surface area (Å²) in [6.45, 7) is 2.19. The quantitative estimate of drug-likeness (QED) is 0.459. The van der Waals surface area contributed by atoms with Crippen molar-refractivity contribution >= 4 is 11.6 Å². The summed E-state index contributed by atoms with van der Waals surface area (Å²) >= 11 is 6.13. The lowest BCUT2D eigenvalue weighted by molar-refractivity contribution is 0.194. The van der Waals surface area contributed by atoms with Crippen molar-refractivity contribution in [2.75, 3.05) is 0 Å². The molecule has 3 heteroatoms. The normalized spacial score (nSPS) is 26.9. The first-order chi connectivity index (χ1) is 13.6. The summed E-state index contributed by atoms with van der Waals surface area (Å²) in [5, 5.41) is 0.743. The molecule has 1 saturated carbocycles. The first-order valence-electron chi connectivity index (χ1n) is 10.5. The molecule has 2 aromatic carbocycles. The fourth-order valence-electron chi connectivity index (χ4n) is 5.46. The van der Waals surface area contributed by atoms with Crippen LogP contribution >= 0.6 is 11.6 Å². The standard InChI is InChI=1S/C25H27ClF2/c1-2-3-4-5-16-8-11-20-22(25(16)17-6-9-18(26)10-7-17)13-12-21-23(20)14-19(27)15-24(21)28/h4-7,9-10,14-16,20,22,25H,2-3,8,11-13H2,1H3/t16-,20-,22+,25-/m1/s1. The summed E-state index contributed by atoms with van der Waals surface area (Å²) in [7, 11) is 0. The van der Waals surface area contributed by atoms with Gasteiger partial charge in [0.1, 0.15) is 11.6 Å². The van der Waals surface area contributed by atoms with Crippen LogP contribution in [0, 0.1) is 23.5 Å². The molecule has 1 fully saturated rings. The second-order valence-corrected chi connectivity index (χ2v) is 8.74. The monoisotopic (exact) mass is 400 g/mol. The molecule has 0 amide bonds. The van der Waals surface area contributed by atoms with Crippen molar-refractivity contribution in [3.63, 3.8) is 0 Å². The summed E-state index contributed by atoms with van der Waals surface area (Å²) in [5.41, 5.74) is 2.94. The van der Waals surface area contributed by atoms with Gasteiger partial charge in [0.05, 0.1) is 0 Å². The molecule has 0 heterocycles. The zero-order chi connectivity index (χ0) is 19.7. The fraction of sp³-hybridized carbons (Fsp3) is 0.440. The Hall–Kier alpha value is -1.67. The van der Waals surface area contributed by atoms with Crippen LogP contribution in [0.1, 0.15) is 67.6 Å². The van der Waals surface area contributed by atoms with E-state index >= 15 is 0 Å². The van der Waals surface area contributed by atoms with Crippen LogP contribution in [0.2, 0.25) is 5.02 Å². The van der Waals surface area contributed by atoms with E-state index < -0.39 is 5.82 Å². The largest absolute Gasteiger partial charge is 0.207 e. The molecule has 2 aliphatic rings. The molecule has 0 N–H and O–H groups in total. The highest BCUT2D eigenvalue weighted by atomic mass is 35.5. The SMILES string of the molecule is CCCC=C[C@@H]1CC[C@H]2c3cc(F)cc(F)c3CC[C@@H]2[C@H]1c1ccc(Cl)cc1. The molecule has 0 spiro atoms. The van der Waals surface area contributed by atoms with E-state index in [0.717, 1.165) is 54.3 Å². The van der Waals surface area contributed by atoms with Crippen molar-refractivity contribution < 1.29 is 8.78 Å². The first kappa shape index (κ1) is 19.6. The van der Waals surface area contributed by atoms with E-state index in [0.29, 0.717) is 24.2 Å². The molecule has 0 aromatic heterocycles. The van der Waals surface area contributed by atoms with Crippen LogP contribution in [0.5, 0.6) is 0 Å². The molecule has 2 aliphatic carbocycles. The molecule has 0 saturated heterocycles. The van der Waals surface area contributed by atoms with Gasteiger partial charge >= 0.3 is 0 Å². The van der Waals surface area contributed by atoms with Gasteiger partial charge in [0.2, 0.25) is 0 Å². The molecule has 0 nitrogen and oxygen atoms in total. The lowest BCUT2D eigenvalue weighted by atomic mass is 9.58. The van der Waals surface area contributed by atoms with Crippen molar-refractivity contribution in [2.45, 2.75) is 57.3 Å². The van der Waals surface area contributed by atoms with Crippen molar-refractivity contribution in [2.24, 2.45) is 11.8 Å². The molecule has 2 aromatic rings. The third-order valence-electron chi connectivity index (χ3n) is 6.67. The number of unbranched alkanes of at least 4 members (excludes halogenated alkanes) is 1. The van der Waals surface area contributed by atoms with Crippen molar-refractivity contribution in [1.29, 1.82) is 0 Å². The van der Waals surface area contributed by atoms with E-state index in [4.69, 9.17) is 11.6 Å². The lowest BCUT2D eigenvalue weighted by Crippen LogP contribution is -2.35. The Kier molecular flexibility index (Phi) is 5.87. The van der Waals surface area contributed by atoms with Gasteiger partial charge in [0.15, 0.2) is 0 Å². The van der Waals surface area contributed by atoms with E-state index in [2.05, 4.69) is 31.2 Å². The van der Waals surface area contributed by atoms with Gasteiger partial charge < -0.3 is 0 Å². The molecule has 148 valence electrons. The van der Waals surface area contributed by atoms with E-state index in [1.54, 1.807) is 6.07 Å². The average molecular weight is 401 g/mol. The minimum atomic E-state index is -0.454. The van der Waals surface area contributed by atoms with Crippen LogP contribution in [0.25, 0.3) is 0 Å². The van der Waals surface area contributed by atoms with Crippen molar-refractivity contribution in [3.05, 3.63) is 81.9 Å². The number of hydrogen-bond donors (Lipinski definition) is 0. The van der Waals surface area contributed by atoms with E-state index in [1.165, 1.54) is 5.56 Å². The minimum Gasteiger partial charge on any atom is -0.207 e. The Morgan fingerprint density at radius 3 is 2.61 bits per heavy atom. The van der Waals surface area contributed by atoms with Crippen LogP contribution in [0.4, 0.5) is 8.78 Å². The maximum Gasteiger partial charge on any atom is 0.129 e. The van der Waals surface area contributed by atoms with Gasteiger partial charge in [-0.2, -0.15) is 0 Å². The van der Waals surface area contributed by atoms with Crippen LogP contribution in [0.3, 0.4) is 0 Å². The van der Waals surface area contributed by atoms with E-state index in [1.807, 2.05) is 12.1 Å². The third-order valence-corrected chi connectivity index (χ3v) is 6.92. The molecular formula is C25H27ClF2. The average Bonchev–Trinajstić information content (AvgIpc) is 2.68. The maximum absolute atomic E-state index is 14.4. The summed E-state index contributed by atoms with van der Waals surface area (Å²) < 4.78 is 28.4. The number of benzene rings is 2. The number of halogens is 3. The molecular weight excluding hydrogens is 374 g/mol. The van der Waals surface area contributed by atoms with Gasteiger partial charge in [-0.15, -0.1) is 0 Å². The van der Waals surface area contributed by atoms with Gasteiger partial charge in [0.25, 0.3) is 0 Å². The molecule has 0 radical (unpaired) electrons. The highest BCUT2D eigenvalue weighted by molar-refractivity contribution is 6.30. The molecule has 0 bridgehead atoms. The number of fused-ring (bicyclic) bond motifs is 3. The van der Waals surface area contributed by atoms with Gasteiger partial charge in [-0.05, 0) is 90.7 Å². The van der Waals surface area contributed by atoms with Crippen LogP contribution in [-0.2, 0) is 6.42 Å². The third kappa shape index (κ3) is 3.76. The van der Waals surface area contributed by atoms with Crippen molar-refractivity contribution in [1.82, 2.24) is 0 Å². The zero-order valence-electron chi connectivity index (χ0n) is 16.3. The zero-order valence-corrected chi connectivity index (χ0v) is 17.1. The second kappa shape index (κ2) is 8.37. The van der Waals surface area contributed by atoms with Gasteiger partial charge in [0, 0.05) is 11.1 Å². The maximum atomic E-state index is 14.4. The Bertz CT molecular complexity index is 856. The summed E-state index contributed by atoms with van der Waals surface area (Å²) in [4.78, 5) is 0. The number of rotatable bonds is 4. The van der Waals surface area contributed by atoms with Gasteiger partial charge in [-0.3, -0.25) is 0 Å². The lowest BCUT2D eigenvalue weighted by Gasteiger charge is -2.46. The van der Waals surface area contributed by atoms with Crippen LogP contribution < -0.4 is 0 Å². The predicted octanol–water partition coefficient (Wildman–Crippen LogP) is 7.81. The second-order valence-electron chi connectivity index (χ2n) is 8.30. The number of allylic oxidation sites excluding steroid dienone is 2. The van der Waals surface area contributed by atoms with Gasteiger partial charge in [-0.1, -0.05) is 49.2 Å². The Morgan fingerprint density at radius 2 is 1.86 bits per heavy atom. The number of hydrogen-bond acceptors (Lipinski definition) is 0. The Morgan fingerprint density at radius 1 is 1.07 bits per heavy atom. The van der Waals surface area contributed by atoms with Gasteiger partial charge in [-0.25, -0.2) is 8.78 Å². The minimum absolute atomic E-state index is 0.227. The van der Waals surface area contributed by atoms with Crippen molar-refractivity contribution in [3.8, 4) is 0 Å². The Balaban J connectivity index is 1.73. The highest BCUT2D eigenvalue weighted by Crippen LogP contribution is 2.54. The molecule has 0 aliphatic heterocycles. The summed E-state index contributed by atoms with van der Waals surface area (Å²) in [6, 6.07) is 10.8. The van der Waals surface area contributed by atoms with E-state index in [9.17, 15) is 8.78 Å².